The van der Waals surface area contributed by atoms with Gasteiger partial charge in [-0.05, 0) is 53.5 Å². The van der Waals surface area contributed by atoms with E-state index in [9.17, 15) is 0 Å². The molecule has 0 spiro atoms. The van der Waals surface area contributed by atoms with Crippen LogP contribution in [0.15, 0.2) is 0 Å². The Balaban J connectivity index is 2.13. The zero-order valence-corrected chi connectivity index (χ0v) is 11.7. The lowest BCUT2D eigenvalue weighted by Crippen LogP contribution is -2.44. The van der Waals surface area contributed by atoms with Crippen LogP contribution in [0, 0.1) is 0 Å². The van der Waals surface area contributed by atoms with Gasteiger partial charge in [0.05, 0.1) is 0 Å². The van der Waals surface area contributed by atoms with Crippen LogP contribution in [0.4, 0.5) is 0 Å². The molecule has 102 valence electrons. The summed E-state index contributed by atoms with van der Waals surface area (Å²) >= 11 is 0. The highest BCUT2D eigenvalue weighted by molar-refractivity contribution is 4.77. The SMILES string of the molecule is CN1CCC(N(C)CCN(C)CCCO)CC1. The fourth-order valence-corrected chi connectivity index (χ4v) is 2.40. The Hall–Kier alpha value is -0.160. The van der Waals surface area contributed by atoms with E-state index in [0.717, 1.165) is 32.1 Å². The van der Waals surface area contributed by atoms with Crippen LogP contribution in [-0.2, 0) is 0 Å². The van der Waals surface area contributed by atoms with Gasteiger partial charge >= 0.3 is 0 Å². The number of piperidine rings is 1. The van der Waals surface area contributed by atoms with Crippen LogP contribution in [0.2, 0.25) is 0 Å². The molecule has 0 saturated carbocycles. The molecule has 0 radical (unpaired) electrons. The first kappa shape index (κ1) is 14.9. The van der Waals surface area contributed by atoms with Gasteiger partial charge in [0.1, 0.15) is 0 Å². The van der Waals surface area contributed by atoms with Gasteiger partial charge in [-0.25, -0.2) is 0 Å². The van der Waals surface area contributed by atoms with Crippen molar-refractivity contribution in [1.29, 1.82) is 0 Å². The quantitative estimate of drug-likeness (QED) is 0.698. The molecule has 0 aromatic heterocycles. The molecule has 0 aromatic rings. The number of rotatable bonds is 7. The maximum Gasteiger partial charge on any atom is 0.0443 e. The number of likely N-dealkylation sites (tertiary alicyclic amines) is 1. The Kier molecular flexibility index (Phi) is 7.04. The van der Waals surface area contributed by atoms with Crippen molar-refractivity contribution >= 4 is 0 Å². The smallest absolute Gasteiger partial charge is 0.0443 e. The summed E-state index contributed by atoms with van der Waals surface area (Å²) in [5.41, 5.74) is 0. The van der Waals surface area contributed by atoms with E-state index >= 15 is 0 Å². The standard InChI is InChI=1S/C13H29N3O/c1-14(7-4-12-17)10-11-16(3)13-5-8-15(2)9-6-13/h13,17H,4-12H2,1-3H3. The largest absolute Gasteiger partial charge is 0.396 e. The van der Waals surface area contributed by atoms with E-state index < -0.39 is 0 Å². The lowest BCUT2D eigenvalue weighted by molar-refractivity contribution is 0.132. The number of likely N-dealkylation sites (N-methyl/N-ethyl adjacent to an activating group) is 2. The van der Waals surface area contributed by atoms with Gasteiger partial charge in [-0.1, -0.05) is 0 Å². The average molecular weight is 243 g/mol. The second kappa shape index (κ2) is 8.03. The molecule has 1 heterocycles. The topological polar surface area (TPSA) is 30.0 Å². The number of hydrogen-bond acceptors (Lipinski definition) is 4. The highest BCUT2D eigenvalue weighted by Crippen LogP contribution is 2.13. The minimum atomic E-state index is 0.301. The lowest BCUT2D eigenvalue weighted by atomic mass is 10.0. The van der Waals surface area contributed by atoms with Crippen molar-refractivity contribution in [2.24, 2.45) is 0 Å². The van der Waals surface area contributed by atoms with Crippen LogP contribution in [0.25, 0.3) is 0 Å². The molecule has 17 heavy (non-hydrogen) atoms. The van der Waals surface area contributed by atoms with Crippen LogP contribution in [0.1, 0.15) is 19.3 Å². The predicted molar refractivity (Wildman–Crippen MR) is 72.3 cm³/mol. The molecular formula is C13H29N3O. The minimum Gasteiger partial charge on any atom is -0.396 e. The van der Waals surface area contributed by atoms with E-state index in [1.54, 1.807) is 0 Å². The molecule has 1 saturated heterocycles. The third-order valence-electron chi connectivity index (χ3n) is 3.84. The van der Waals surface area contributed by atoms with Gasteiger partial charge in [0.25, 0.3) is 0 Å². The molecule has 0 unspecified atom stereocenters. The van der Waals surface area contributed by atoms with Gasteiger partial charge < -0.3 is 19.8 Å². The van der Waals surface area contributed by atoms with Crippen LogP contribution in [0.5, 0.6) is 0 Å². The fraction of sp³-hybridized carbons (Fsp3) is 1.00. The van der Waals surface area contributed by atoms with E-state index in [2.05, 4.69) is 35.8 Å². The summed E-state index contributed by atoms with van der Waals surface area (Å²) in [5, 5.41) is 8.78. The molecule has 1 fully saturated rings. The first-order chi connectivity index (χ1) is 8.13. The van der Waals surface area contributed by atoms with Gasteiger partial charge in [0.15, 0.2) is 0 Å². The Labute approximate surface area is 106 Å². The van der Waals surface area contributed by atoms with E-state index in [1.165, 1.54) is 25.9 Å². The number of nitrogens with zero attached hydrogens (tertiary/aromatic N) is 3. The lowest BCUT2D eigenvalue weighted by Gasteiger charge is -2.35. The molecule has 1 rings (SSSR count). The third kappa shape index (κ3) is 5.82. The van der Waals surface area contributed by atoms with Crippen LogP contribution < -0.4 is 0 Å². The van der Waals surface area contributed by atoms with Gasteiger partial charge in [-0.15, -0.1) is 0 Å². The monoisotopic (exact) mass is 243 g/mol. The molecule has 0 amide bonds. The van der Waals surface area contributed by atoms with Crippen molar-refractivity contribution in [3.05, 3.63) is 0 Å². The van der Waals surface area contributed by atoms with Crippen molar-refractivity contribution in [3.8, 4) is 0 Å². The fourth-order valence-electron chi connectivity index (χ4n) is 2.40. The summed E-state index contributed by atoms with van der Waals surface area (Å²) in [7, 11) is 6.59. The highest BCUT2D eigenvalue weighted by Gasteiger charge is 2.20. The van der Waals surface area contributed by atoms with E-state index in [4.69, 9.17) is 5.11 Å². The number of aliphatic hydroxyl groups is 1. The average Bonchev–Trinajstić information content (AvgIpc) is 2.34. The van der Waals surface area contributed by atoms with Gasteiger partial charge in [0, 0.05) is 32.3 Å². The molecule has 4 nitrogen and oxygen atoms in total. The maximum absolute atomic E-state index is 8.78. The molecule has 1 N–H and O–H groups in total. The molecule has 0 aromatic carbocycles. The van der Waals surface area contributed by atoms with Crippen molar-refractivity contribution in [3.63, 3.8) is 0 Å². The molecule has 1 aliphatic heterocycles. The number of aliphatic hydroxyl groups excluding tert-OH is 1. The summed E-state index contributed by atoms with van der Waals surface area (Å²) in [5.74, 6) is 0. The summed E-state index contributed by atoms with van der Waals surface area (Å²) in [6, 6.07) is 0.762. The Morgan fingerprint density at radius 1 is 1.12 bits per heavy atom. The van der Waals surface area contributed by atoms with Crippen LogP contribution >= 0.6 is 0 Å². The predicted octanol–water partition coefficient (Wildman–Crippen LogP) is 0.327. The summed E-state index contributed by atoms with van der Waals surface area (Å²) in [4.78, 5) is 7.22. The van der Waals surface area contributed by atoms with E-state index in [0.29, 0.717) is 6.61 Å². The normalized spacial score (nSPS) is 19.4. The van der Waals surface area contributed by atoms with Gasteiger partial charge in [-0.2, -0.15) is 0 Å². The zero-order valence-electron chi connectivity index (χ0n) is 11.7. The van der Waals surface area contributed by atoms with Crippen LogP contribution in [-0.4, -0.2) is 86.3 Å². The maximum atomic E-state index is 8.78. The van der Waals surface area contributed by atoms with E-state index in [1.807, 2.05) is 0 Å². The summed E-state index contributed by atoms with van der Waals surface area (Å²) < 4.78 is 0. The van der Waals surface area contributed by atoms with Crippen LogP contribution in [0.3, 0.4) is 0 Å². The van der Waals surface area contributed by atoms with Gasteiger partial charge in [0.2, 0.25) is 0 Å². The van der Waals surface area contributed by atoms with E-state index in [-0.39, 0.29) is 0 Å². The second-order valence-corrected chi connectivity index (χ2v) is 5.40. The Morgan fingerprint density at radius 3 is 2.35 bits per heavy atom. The van der Waals surface area contributed by atoms with Crippen molar-refractivity contribution in [2.45, 2.75) is 25.3 Å². The Morgan fingerprint density at radius 2 is 1.76 bits per heavy atom. The molecule has 0 aliphatic carbocycles. The number of hydrogen-bond donors (Lipinski definition) is 1. The molecule has 0 atom stereocenters. The highest BCUT2D eigenvalue weighted by atomic mass is 16.3. The Bertz CT molecular complexity index is 193. The first-order valence-electron chi connectivity index (χ1n) is 6.81. The first-order valence-corrected chi connectivity index (χ1v) is 6.81. The second-order valence-electron chi connectivity index (χ2n) is 5.40. The summed E-state index contributed by atoms with van der Waals surface area (Å²) in [6.45, 7) is 6.00. The molecule has 4 heteroatoms. The molecular weight excluding hydrogens is 214 g/mol. The minimum absolute atomic E-state index is 0.301. The van der Waals surface area contributed by atoms with Crippen molar-refractivity contribution < 1.29 is 5.11 Å². The third-order valence-corrected chi connectivity index (χ3v) is 3.84. The van der Waals surface area contributed by atoms with Gasteiger partial charge in [-0.3, -0.25) is 0 Å². The molecule has 0 bridgehead atoms. The molecule has 1 aliphatic rings. The zero-order chi connectivity index (χ0) is 12.7. The van der Waals surface area contributed by atoms with Crippen molar-refractivity contribution in [2.75, 3.05) is 60.5 Å². The summed E-state index contributed by atoms with van der Waals surface area (Å²) in [6.07, 6.45) is 3.48. The van der Waals surface area contributed by atoms with Crippen molar-refractivity contribution in [1.82, 2.24) is 14.7 Å².